The number of ether oxygens (including phenoxy) is 1. The van der Waals surface area contributed by atoms with Crippen molar-refractivity contribution in [3.8, 4) is 5.75 Å². The molecule has 0 radical (unpaired) electrons. The van der Waals surface area contributed by atoms with E-state index < -0.39 is 6.61 Å². The van der Waals surface area contributed by atoms with Crippen LogP contribution in [0.2, 0.25) is 0 Å². The maximum atomic E-state index is 12.3. The van der Waals surface area contributed by atoms with Crippen LogP contribution in [0.15, 0.2) is 24.3 Å². The van der Waals surface area contributed by atoms with E-state index >= 15 is 0 Å². The lowest BCUT2D eigenvalue weighted by Gasteiger charge is -2.36. The maximum Gasteiger partial charge on any atom is 0.387 e. The first-order valence-electron chi connectivity index (χ1n) is 5.69. The lowest BCUT2D eigenvalue weighted by atomic mass is 10.1. The minimum absolute atomic E-state index is 0.247. The highest BCUT2D eigenvalue weighted by atomic mass is 19.3. The van der Waals surface area contributed by atoms with Crippen molar-refractivity contribution in [3.63, 3.8) is 0 Å². The summed E-state index contributed by atoms with van der Waals surface area (Å²) >= 11 is 0. The SMILES string of the molecule is CC1CNCCN1c1ccccc1OC(F)F. The zero-order chi connectivity index (χ0) is 12.3. The third-order valence-corrected chi connectivity index (χ3v) is 2.89. The van der Waals surface area contributed by atoms with E-state index in [4.69, 9.17) is 0 Å². The second-order valence-electron chi connectivity index (χ2n) is 4.09. The number of para-hydroxylation sites is 2. The molecule has 0 spiro atoms. The lowest BCUT2D eigenvalue weighted by molar-refractivity contribution is -0.0495. The highest BCUT2D eigenvalue weighted by Gasteiger charge is 2.21. The summed E-state index contributed by atoms with van der Waals surface area (Å²) in [6, 6.07) is 7.21. The molecule has 17 heavy (non-hydrogen) atoms. The van der Waals surface area contributed by atoms with E-state index in [1.54, 1.807) is 12.1 Å². The lowest BCUT2D eigenvalue weighted by Crippen LogP contribution is -2.50. The minimum Gasteiger partial charge on any atom is -0.433 e. The quantitative estimate of drug-likeness (QED) is 0.878. The number of alkyl halides is 2. The molecule has 1 aliphatic heterocycles. The van der Waals surface area contributed by atoms with Gasteiger partial charge in [0.1, 0.15) is 5.75 Å². The molecule has 1 aliphatic rings. The summed E-state index contributed by atoms with van der Waals surface area (Å²) in [5.74, 6) is 0.247. The van der Waals surface area contributed by atoms with Crippen LogP contribution < -0.4 is 15.0 Å². The Morgan fingerprint density at radius 1 is 1.41 bits per heavy atom. The molecule has 0 amide bonds. The van der Waals surface area contributed by atoms with E-state index in [2.05, 4.69) is 21.9 Å². The van der Waals surface area contributed by atoms with E-state index in [-0.39, 0.29) is 11.8 Å². The van der Waals surface area contributed by atoms with E-state index in [1.165, 1.54) is 0 Å². The fourth-order valence-corrected chi connectivity index (χ4v) is 2.09. The van der Waals surface area contributed by atoms with Crippen molar-refractivity contribution in [2.45, 2.75) is 19.6 Å². The smallest absolute Gasteiger partial charge is 0.387 e. The topological polar surface area (TPSA) is 24.5 Å². The molecule has 1 fully saturated rings. The molecule has 5 heteroatoms. The van der Waals surface area contributed by atoms with Gasteiger partial charge in [-0.25, -0.2) is 0 Å². The molecule has 1 atom stereocenters. The first-order valence-corrected chi connectivity index (χ1v) is 5.69. The molecule has 1 saturated heterocycles. The van der Waals surface area contributed by atoms with Crippen LogP contribution >= 0.6 is 0 Å². The molecule has 2 rings (SSSR count). The largest absolute Gasteiger partial charge is 0.433 e. The van der Waals surface area contributed by atoms with Gasteiger partial charge >= 0.3 is 6.61 Å². The number of nitrogens with one attached hydrogen (secondary N) is 1. The Hall–Kier alpha value is -1.36. The zero-order valence-corrected chi connectivity index (χ0v) is 9.70. The van der Waals surface area contributed by atoms with E-state index in [0.717, 1.165) is 25.3 Å². The molecule has 3 nitrogen and oxygen atoms in total. The first kappa shape index (κ1) is 12.1. The number of halogens is 2. The van der Waals surface area contributed by atoms with Gasteiger partial charge in [-0.3, -0.25) is 0 Å². The Balaban J connectivity index is 2.23. The molecule has 1 heterocycles. The summed E-state index contributed by atoms with van der Waals surface area (Å²) in [6.07, 6.45) is 0. The summed E-state index contributed by atoms with van der Waals surface area (Å²) < 4.78 is 29.2. The van der Waals surface area contributed by atoms with Crippen LogP contribution in [0, 0.1) is 0 Å². The van der Waals surface area contributed by atoms with Gasteiger partial charge in [-0.2, -0.15) is 8.78 Å². The van der Waals surface area contributed by atoms with Gasteiger partial charge in [0, 0.05) is 25.7 Å². The van der Waals surface area contributed by atoms with Gasteiger partial charge in [0.05, 0.1) is 5.69 Å². The number of rotatable bonds is 3. The van der Waals surface area contributed by atoms with Gasteiger partial charge in [0.2, 0.25) is 0 Å². The van der Waals surface area contributed by atoms with Crippen LogP contribution in [0.1, 0.15) is 6.92 Å². The first-order chi connectivity index (χ1) is 8.18. The average molecular weight is 242 g/mol. The van der Waals surface area contributed by atoms with E-state index in [0.29, 0.717) is 0 Å². The predicted molar refractivity (Wildman–Crippen MR) is 62.8 cm³/mol. The molecule has 94 valence electrons. The summed E-state index contributed by atoms with van der Waals surface area (Å²) in [5, 5.41) is 3.26. The van der Waals surface area contributed by atoms with Crippen LogP contribution in [0.3, 0.4) is 0 Å². The molecular formula is C12H16F2N2O. The number of hydrogen-bond acceptors (Lipinski definition) is 3. The van der Waals surface area contributed by atoms with Crippen molar-refractivity contribution in [2.24, 2.45) is 0 Å². The zero-order valence-electron chi connectivity index (χ0n) is 9.70. The Labute approximate surface area is 99.4 Å². The number of piperazine rings is 1. The van der Waals surface area contributed by atoms with Gasteiger partial charge in [-0.15, -0.1) is 0 Å². The highest BCUT2D eigenvalue weighted by Crippen LogP contribution is 2.30. The Morgan fingerprint density at radius 2 is 2.18 bits per heavy atom. The normalized spacial score (nSPS) is 20.7. The number of anilines is 1. The fourth-order valence-electron chi connectivity index (χ4n) is 2.09. The molecule has 1 aromatic carbocycles. The third-order valence-electron chi connectivity index (χ3n) is 2.89. The van der Waals surface area contributed by atoms with Crippen molar-refractivity contribution >= 4 is 5.69 Å². The molecular weight excluding hydrogens is 226 g/mol. The highest BCUT2D eigenvalue weighted by molar-refractivity contribution is 5.59. The van der Waals surface area contributed by atoms with Crippen LogP contribution in [-0.4, -0.2) is 32.3 Å². The van der Waals surface area contributed by atoms with Gasteiger partial charge in [-0.05, 0) is 19.1 Å². The predicted octanol–water partition coefficient (Wildman–Crippen LogP) is 2.09. The molecule has 1 unspecified atom stereocenters. The van der Waals surface area contributed by atoms with Crippen LogP contribution in [0.5, 0.6) is 5.75 Å². The Kier molecular flexibility index (Phi) is 3.78. The minimum atomic E-state index is -2.78. The molecule has 0 aliphatic carbocycles. The molecule has 0 bridgehead atoms. The Morgan fingerprint density at radius 3 is 2.88 bits per heavy atom. The summed E-state index contributed by atoms with van der Waals surface area (Å²) in [5.41, 5.74) is 0.738. The molecule has 0 aromatic heterocycles. The summed E-state index contributed by atoms with van der Waals surface area (Å²) in [6.45, 7) is 1.78. The Bertz CT molecular complexity index is 373. The fraction of sp³-hybridized carbons (Fsp3) is 0.500. The van der Waals surface area contributed by atoms with E-state index in [9.17, 15) is 8.78 Å². The second-order valence-corrected chi connectivity index (χ2v) is 4.09. The van der Waals surface area contributed by atoms with Gasteiger partial charge in [0.25, 0.3) is 0 Å². The molecule has 0 saturated carbocycles. The maximum absolute atomic E-state index is 12.3. The number of nitrogens with zero attached hydrogens (tertiary/aromatic N) is 1. The van der Waals surface area contributed by atoms with Crippen molar-refractivity contribution in [1.82, 2.24) is 5.32 Å². The van der Waals surface area contributed by atoms with Crippen LogP contribution in [0.25, 0.3) is 0 Å². The monoisotopic (exact) mass is 242 g/mol. The number of benzene rings is 1. The van der Waals surface area contributed by atoms with E-state index in [1.807, 2.05) is 12.1 Å². The third kappa shape index (κ3) is 2.85. The summed E-state index contributed by atoms with van der Waals surface area (Å²) in [7, 11) is 0. The van der Waals surface area contributed by atoms with Crippen molar-refractivity contribution in [3.05, 3.63) is 24.3 Å². The average Bonchev–Trinajstić information content (AvgIpc) is 2.30. The van der Waals surface area contributed by atoms with Gasteiger partial charge in [-0.1, -0.05) is 12.1 Å². The van der Waals surface area contributed by atoms with Crippen LogP contribution in [0.4, 0.5) is 14.5 Å². The van der Waals surface area contributed by atoms with Crippen molar-refractivity contribution in [2.75, 3.05) is 24.5 Å². The van der Waals surface area contributed by atoms with Crippen molar-refractivity contribution in [1.29, 1.82) is 0 Å². The molecule has 1 N–H and O–H groups in total. The van der Waals surface area contributed by atoms with Crippen LogP contribution in [-0.2, 0) is 0 Å². The second kappa shape index (κ2) is 5.31. The molecule has 1 aromatic rings. The van der Waals surface area contributed by atoms with Gasteiger partial charge < -0.3 is 15.0 Å². The number of hydrogen-bond donors (Lipinski definition) is 1. The summed E-state index contributed by atoms with van der Waals surface area (Å²) in [4.78, 5) is 2.09. The van der Waals surface area contributed by atoms with Gasteiger partial charge in [0.15, 0.2) is 0 Å². The van der Waals surface area contributed by atoms with Crippen molar-refractivity contribution < 1.29 is 13.5 Å². The standard InChI is InChI=1S/C12H16F2N2O/c1-9-8-15-6-7-16(9)10-4-2-3-5-11(10)17-12(13)14/h2-5,9,12,15H,6-8H2,1H3.